The van der Waals surface area contributed by atoms with Gasteiger partial charge in [0.25, 0.3) is 0 Å². The predicted molar refractivity (Wildman–Crippen MR) is 92.0 cm³/mol. The number of hydrogen-bond acceptors (Lipinski definition) is 3. The number of anilines is 1. The van der Waals surface area contributed by atoms with E-state index in [2.05, 4.69) is 10.4 Å². The van der Waals surface area contributed by atoms with Crippen LogP contribution in [0.2, 0.25) is 5.02 Å². The van der Waals surface area contributed by atoms with E-state index in [-0.39, 0.29) is 5.56 Å². The molecule has 0 fully saturated rings. The fourth-order valence-electron chi connectivity index (χ4n) is 2.03. The highest BCUT2D eigenvalue weighted by Gasteiger charge is 2.32. The topological polar surface area (TPSA) is 70.6 Å². The van der Waals surface area contributed by atoms with Gasteiger partial charge in [0.15, 0.2) is 0 Å². The van der Waals surface area contributed by atoms with Crippen molar-refractivity contribution in [1.29, 1.82) is 0 Å². The van der Waals surface area contributed by atoms with Crippen LogP contribution in [0, 0.1) is 6.92 Å². The zero-order valence-corrected chi connectivity index (χ0v) is 14.2. The molecule has 0 saturated heterocycles. The van der Waals surface area contributed by atoms with Crippen LogP contribution in [-0.2, 0) is 15.8 Å². The summed E-state index contributed by atoms with van der Waals surface area (Å²) >= 11 is 5.80. The molecule has 2 N–H and O–H groups in total. The molecule has 2 aromatic rings. The first-order valence-corrected chi connectivity index (χ1v) is 7.63. The lowest BCUT2D eigenvalue weighted by Crippen LogP contribution is -2.32. The van der Waals surface area contributed by atoms with Gasteiger partial charge in [-0.25, -0.2) is 5.43 Å². The van der Waals surface area contributed by atoms with Crippen molar-refractivity contribution >= 4 is 35.3 Å². The number of amides is 2. The SMILES string of the molecule is Cc1cc(Cl)ccc1NC(=O)C(=O)N/N=C\c1ccccc1C(F)(F)F. The maximum atomic E-state index is 12.8. The average Bonchev–Trinajstić information content (AvgIpc) is 2.56. The summed E-state index contributed by atoms with van der Waals surface area (Å²) in [6, 6.07) is 9.37. The lowest BCUT2D eigenvalue weighted by atomic mass is 10.1. The second-order valence-corrected chi connectivity index (χ2v) is 5.63. The summed E-state index contributed by atoms with van der Waals surface area (Å²) in [6.45, 7) is 1.69. The lowest BCUT2D eigenvalue weighted by molar-refractivity contribution is -0.137. The highest BCUT2D eigenvalue weighted by Crippen LogP contribution is 2.31. The Morgan fingerprint density at radius 3 is 2.46 bits per heavy atom. The van der Waals surface area contributed by atoms with Crippen molar-refractivity contribution in [2.75, 3.05) is 5.32 Å². The summed E-state index contributed by atoms with van der Waals surface area (Å²) in [4.78, 5) is 23.5. The van der Waals surface area contributed by atoms with E-state index in [1.54, 1.807) is 13.0 Å². The second kappa shape index (κ2) is 8.01. The van der Waals surface area contributed by atoms with Crippen LogP contribution >= 0.6 is 11.6 Å². The Kier molecular flexibility index (Phi) is 5.99. The van der Waals surface area contributed by atoms with E-state index in [0.29, 0.717) is 16.3 Å². The molecule has 0 radical (unpaired) electrons. The van der Waals surface area contributed by atoms with Gasteiger partial charge < -0.3 is 5.32 Å². The number of hydrazone groups is 1. The number of alkyl halides is 3. The number of carbonyl (C=O) groups excluding carboxylic acids is 2. The van der Waals surface area contributed by atoms with Crippen molar-refractivity contribution < 1.29 is 22.8 Å². The maximum Gasteiger partial charge on any atom is 0.417 e. The van der Waals surface area contributed by atoms with Gasteiger partial charge in [-0.2, -0.15) is 18.3 Å². The van der Waals surface area contributed by atoms with E-state index < -0.39 is 23.6 Å². The summed E-state index contributed by atoms with van der Waals surface area (Å²) in [5.74, 6) is -2.14. The van der Waals surface area contributed by atoms with Gasteiger partial charge in [0.1, 0.15) is 0 Å². The van der Waals surface area contributed by atoms with Crippen LogP contribution < -0.4 is 10.7 Å². The second-order valence-electron chi connectivity index (χ2n) is 5.20. The van der Waals surface area contributed by atoms with Crippen molar-refractivity contribution in [1.82, 2.24) is 5.43 Å². The molecule has 0 bridgehead atoms. The van der Waals surface area contributed by atoms with Gasteiger partial charge in [0.2, 0.25) is 0 Å². The van der Waals surface area contributed by atoms with Crippen molar-refractivity contribution in [3.63, 3.8) is 0 Å². The van der Waals surface area contributed by atoms with Crippen LogP contribution in [0.1, 0.15) is 16.7 Å². The first-order chi connectivity index (χ1) is 12.2. The molecule has 26 heavy (non-hydrogen) atoms. The molecule has 0 unspecified atom stereocenters. The summed E-state index contributed by atoms with van der Waals surface area (Å²) in [5, 5.41) is 6.24. The molecule has 0 atom stereocenters. The fraction of sp³-hybridized carbons (Fsp3) is 0.118. The van der Waals surface area contributed by atoms with Crippen LogP contribution in [0.3, 0.4) is 0 Å². The first kappa shape index (κ1) is 19.5. The number of carbonyl (C=O) groups is 2. The minimum absolute atomic E-state index is 0.241. The van der Waals surface area contributed by atoms with Crippen molar-refractivity contribution in [3.8, 4) is 0 Å². The Balaban J connectivity index is 2.02. The third kappa shape index (κ3) is 5.06. The molecule has 9 heteroatoms. The number of aryl methyl sites for hydroxylation is 1. The van der Waals surface area contributed by atoms with Crippen molar-refractivity contribution in [3.05, 3.63) is 64.2 Å². The summed E-state index contributed by atoms with van der Waals surface area (Å²) in [6.07, 6.45) is -3.74. The normalized spacial score (nSPS) is 11.4. The van der Waals surface area contributed by atoms with Crippen LogP contribution in [-0.4, -0.2) is 18.0 Å². The highest BCUT2D eigenvalue weighted by molar-refractivity contribution is 6.39. The zero-order chi connectivity index (χ0) is 19.3. The van der Waals surface area contributed by atoms with E-state index in [0.717, 1.165) is 12.3 Å². The summed E-state index contributed by atoms with van der Waals surface area (Å²) < 4.78 is 38.5. The van der Waals surface area contributed by atoms with Gasteiger partial charge in [0.05, 0.1) is 11.8 Å². The number of benzene rings is 2. The summed E-state index contributed by atoms with van der Waals surface area (Å²) in [7, 11) is 0. The molecule has 2 aromatic carbocycles. The maximum absolute atomic E-state index is 12.8. The highest BCUT2D eigenvalue weighted by atomic mass is 35.5. The van der Waals surface area contributed by atoms with Crippen LogP contribution in [0.5, 0.6) is 0 Å². The number of nitrogens with one attached hydrogen (secondary N) is 2. The summed E-state index contributed by atoms with van der Waals surface area (Å²) in [5.41, 5.74) is 1.76. The molecule has 0 saturated carbocycles. The molecule has 0 aromatic heterocycles. The van der Waals surface area contributed by atoms with Gasteiger partial charge in [-0.15, -0.1) is 0 Å². The molecule has 5 nitrogen and oxygen atoms in total. The minimum atomic E-state index is -4.56. The molecule has 0 aliphatic carbocycles. The van der Waals surface area contributed by atoms with Crippen molar-refractivity contribution in [2.45, 2.75) is 13.1 Å². The van der Waals surface area contributed by atoms with E-state index in [4.69, 9.17) is 11.6 Å². The molecule has 136 valence electrons. The van der Waals surface area contributed by atoms with Crippen LogP contribution in [0.25, 0.3) is 0 Å². The molecular weight excluding hydrogens is 371 g/mol. The van der Waals surface area contributed by atoms with Gasteiger partial charge in [-0.1, -0.05) is 29.8 Å². The van der Waals surface area contributed by atoms with Crippen LogP contribution in [0.15, 0.2) is 47.6 Å². The first-order valence-electron chi connectivity index (χ1n) is 7.25. The molecule has 0 spiro atoms. The minimum Gasteiger partial charge on any atom is -0.317 e. The lowest BCUT2D eigenvalue weighted by Gasteiger charge is -2.09. The van der Waals surface area contributed by atoms with Gasteiger partial charge in [0, 0.05) is 16.3 Å². The third-order valence-electron chi connectivity index (χ3n) is 3.28. The van der Waals surface area contributed by atoms with Gasteiger partial charge >= 0.3 is 18.0 Å². The van der Waals surface area contributed by atoms with E-state index >= 15 is 0 Å². The monoisotopic (exact) mass is 383 g/mol. The van der Waals surface area contributed by atoms with E-state index in [1.807, 2.05) is 5.43 Å². The van der Waals surface area contributed by atoms with Gasteiger partial charge in [-0.3, -0.25) is 9.59 Å². The van der Waals surface area contributed by atoms with E-state index in [1.165, 1.54) is 30.3 Å². The smallest absolute Gasteiger partial charge is 0.317 e. The molecule has 0 aliphatic rings. The number of halogens is 4. The molecule has 2 amide bonds. The Morgan fingerprint density at radius 2 is 1.81 bits per heavy atom. The molecular formula is C17H13ClF3N3O2. The Hall–Kier alpha value is -2.87. The molecule has 0 aliphatic heterocycles. The average molecular weight is 384 g/mol. The predicted octanol–water partition coefficient (Wildman–Crippen LogP) is 3.76. The van der Waals surface area contributed by atoms with Crippen LogP contribution in [0.4, 0.5) is 18.9 Å². The van der Waals surface area contributed by atoms with E-state index in [9.17, 15) is 22.8 Å². The van der Waals surface area contributed by atoms with Crippen molar-refractivity contribution in [2.24, 2.45) is 5.10 Å². The largest absolute Gasteiger partial charge is 0.417 e. The zero-order valence-electron chi connectivity index (χ0n) is 13.4. The number of rotatable bonds is 3. The molecule has 2 rings (SSSR count). The fourth-order valence-corrected chi connectivity index (χ4v) is 2.25. The van der Waals surface area contributed by atoms with Gasteiger partial charge in [-0.05, 0) is 36.8 Å². The molecule has 0 heterocycles. The Labute approximate surface area is 151 Å². The standard InChI is InChI=1S/C17H13ClF3N3O2/c1-10-8-12(18)6-7-14(10)23-15(25)16(26)24-22-9-11-4-2-3-5-13(11)17(19,20)21/h2-9H,1H3,(H,23,25)(H,24,26)/b22-9-. The third-order valence-corrected chi connectivity index (χ3v) is 3.51. The number of nitrogens with zero attached hydrogens (tertiary/aromatic N) is 1. The quantitative estimate of drug-likeness (QED) is 0.481. The Bertz CT molecular complexity index is 867. The Morgan fingerprint density at radius 1 is 1.12 bits per heavy atom. The number of hydrogen-bond donors (Lipinski definition) is 2.